The van der Waals surface area contributed by atoms with Gasteiger partial charge in [0.05, 0.1) is 12.6 Å². The maximum Gasteiger partial charge on any atom is 0.275 e. The van der Waals surface area contributed by atoms with Gasteiger partial charge in [0, 0.05) is 21.3 Å². The van der Waals surface area contributed by atoms with Crippen LogP contribution in [0.25, 0.3) is 0 Å². The molecular formula is C33H43F2N7O2. The number of rotatable bonds is 9. The second-order valence-corrected chi connectivity index (χ2v) is 13.0. The fraction of sp³-hybridized carbons (Fsp3) is 0.515. The Morgan fingerprint density at radius 1 is 1.14 bits per heavy atom. The number of carbonyl (C=O) groups is 2. The average Bonchev–Trinajstić information content (AvgIpc) is 3.62. The first-order valence-electron chi connectivity index (χ1n) is 16.7. The Hall–Kier alpha value is -3.86. The molecule has 2 aromatic carbocycles. The summed E-state index contributed by atoms with van der Waals surface area (Å²) in [5.74, 6) is -1.62. The highest BCUT2D eigenvalue weighted by Gasteiger charge is 2.52. The molecule has 0 saturated heterocycles. The lowest BCUT2D eigenvalue weighted by molar-refractivity contribution is -0.133. The van der Waals surface area contributed by atoms with Crippen molar-refractivity contribution in [2.75, 3.05) is 6.54 Å². The summed E-state index contributed by atoms with van der Waals surface area (Å²) in [6.45, 7) is 5.74. The minimum atomic E-state index is -2.16. The summed E-state index contributed by atoms with van der Waals surface area (Å²) in [5, 5.41) is 6.75. The van der Waals surface area contributed by atoms with Crippen molar-refractivity contribution in [2.45, 2.75) is 84.8 Å². The number of carbonyl (C=O) groups excluding carboxylic acids is 2. The van der Waals surface area contributed by atoms with Gasteiger partial charge in [-0.15, -0.1) is 10.6 Å². The second kappa shape index (κ2) is 12.6. The van der Waals surface area contributed by atoms with Gasteiger partial charge in [-0.25, -0.2) is 14.3 Å². The highest BCUT2D eigenvalue weighted by molar-refractivity contribution is 6.46. The predicted molar refractivity (Wildman–Crippen MR) is 166 cm³/mol. The number of benzene rings is 2. The van der Waals surface area contributed by atoms with Crippen LogP contribution in [-0.2, 0) is 4.79 Å². The number of hydrogen-bond donors (Lipinski definition) is 4. The van der Waals surface area contributed by atoms with Crippen molar-refractivity contribution in [1.82, 2.24) is 26.7 Å². The van der Waals surface area contributed by atoms with E-state index < -0.39 is 41.5 Å². The van der Waals surface area contributed by atoms with Gasteiger partial charge in [-0.05, 0) is 85.6 Å². The number of halogens is 2. The smallest absolute Gasteiger partial charge is 0.275 e. The normalized spacial score (nSPS) is 23.8. The molecule has 0 bridgehead atoms. The first-order chi connectivity index (χ1) is 22.1. The molecule has 0 aromatic heterocycles. The molecule has 2 heterocycles. The Bertz CT molecular complexity index is 1530. The molecule has 4 N–H and O–H groups in total. The summed E-state index contributed by atoms with van der Waals surface area (Å²) >= 11 is 0. The summed E-state index contributed by atoms with van der Waals surface area (Å²) in [4.78, 5) is 34.1. The van der Waals surface area contributed by atoms with Crippen LogP contribution in [0.3, 0.4) is 0 Å². The van der Waals surface area contributed by atoms with Crippen LogP contribution in [0.5, 0.6) is 0 Å². The molecule has 1 spiro atoms. The Balaban J connectivity index is 1.50. The molecule has 1 fully saturated rings. The predicted octanol–water partition coefficient (Wildman–Crippen LogP) is 5.36. The van der Waals surface area contributed by atoms with Crippen LogP contribution < -0.4 is 21.8 Å². The van der Waals surface area contributed by atoms with Crippen LogP contribution in [0, 0.1) is 28.9 Å². The van der Waals surface area contributed by atoms with Crippen molar-refractivity contribution < 1.29 is 22.5 Å². The monoisotopic (exact) mass is 610 g/mol. The summed E-state index contributed by atoms with van der Waals surface area (Å²) < 4.78 is 53.2. The molecule has 0 unspecified atom stereocenters. The Morgan fingerprint density at radius 3 is 2.41 bits per heavy atom. The van der Waals surface area contributed by atoms with Gasteiger partial charge >= 0.3 is 0 Å². The third kappa shape index (κ3) is 6.77. The van der Waals surface area contributed by atoms with E-state index in [2.05, 4.69) is 40.8 Å². The number of hydrogen-bond acceptors (Lipinski definition) is 7. The van der Waals surface area contributed by atoms with Gasteiger partial charge in [0.2, 0.25) is 0 Å². The Morgan fingerprint density at radius 2 is 1.82 bits per heavy atom. The first kappa shape index (κ1) is 27.7. The number of nitrogens with one attached hydrogen (secondary N) is 4. The van der Waals surface area contributed by atoms with Crippen molar-refractivity contribution >= 4 is 23.4 Å². The van der Waals surface area contributed by atoms with Crippen LogP contribution in [-0.4, -0.2) is 40.5 Å². The van der Waals surface area contributed by atoms with Crippen LogP contribution in [0.4, 0.5) is 8.78 Å². The zero-order valence-corrected chi connectivity index (χ0v) is 25.6. The summed E-state index contributed by atoms with van der Waals surface area (Å²) in [6.07, 6.45) is 3.22. The molecular weight excluding hydrogens is 564 g/mol. The number of amidine groups is 1. The molecule has 5 rings (SSSR count). The largest absolute Gasteiger partial charge is 0.345 e. The van der Waals surface area contributed by atoms with Crippen LogP contribution in [0.2, 0.25) is 0 Å². The Kier molecular flexibility index (Phi) is 7.94. The van der Waals surface area contributed by atoms with Crippen molar-refractivity contribution in [3.63, 3.8) is 0 Å². The minimum Gasteiger partial charge on any atom is -0.345 e. The third-order valence-corrected chi connectivity index (χ3v) is 8.89. The van der Waals surface area contributed by atoms with Crippen molar-refractivity contribution in [2.24, 2.45) is 27.3 Å². The third-order valence-electron chi connectivity index (χ3n) is 8.89. The van der Waals surface area contributed by atoms with E-state index in [4.69, 9.17) is 9.10 Å². The van der Waals surface area contributed by atoms with E-state index >= 15 is 0 Å². The van der Waals surface area contributed by atoms with Gasteiger partial charge in [-0.2, -0.15) is 0 Å². The number of hydrazone groups is 1. The zero-order chi connectivity index (χ0) is 34.1. The molecule has 9 nitrogen and oxygen atoms in total. The summed E-state index contributed by atoms with van der Waals surface area (Å²) in [5.41, 5.74) is 7.25. The fourth-order valence-electron chi connectivity index (χ4n) is 6.44. The van der Waals surface area contributed by atoms with Gasteiger partial charge < -0.3 is 10.2 Å². The molecule has 1 atom stereocenters. The van der Waals surface area contributed by atoms with Crippen molar-refractivity contribution in [3.8, 4) is 0 Å². The number of nitrogens with zero attached hydrogens (tertiary/aromatic N) is 3. The molecule has 1 aliphatic carbocycles. The highest BCUT2D eigenvalue weighted by atomic mass is 19.1. The maximum atomic E-state index is 14.5. The molecule has 11 heteroatoms. The quantitative estimate of drug-likeness (QED) is 0.306. The minimum absolute atomic E-state index is 0.00473. The van der Waals surface area contributed by atoms with Gasteiger partial charge in [0.15, 0.2) is 5.84 Å². The second-order valence-electron chi connectivity index (χ2n) is 13.0. The molecule has 44 heavy (non-hydrogen) atoms. The molecule has 0 radical (unpaired) electrons. The van der Waals surface area contributed by atoms with Crippen LogP contribution in [0.1, 0.15) is 105 Å². The molecule has 2 aliphatic heterocycles. The molecule has 3 aliphatic rings. The maximum absolute atomic E-state index is 14.5. The van der Waals surface area contributed by atoms with Gasteiger partial charge in [-0.1, -0.05) is 46.7 Å². The van der Waals surface area contributed by atoms with Crippen molar-refractivity contribution in [1.29, 1.82) is 0 Å². The van der Waals surface area contributed by atoms with Gasteiger partial charge in [-0.3, -0.25) is 20.0 Å². The van der Waals surface area contributed by atoms with Gasteiger partial charge in [0.25, 0.3) is 11.8 Å². The average molecular weight is 611 g/mol. The SMILES string of the molecule is [2H]C([2H])([2H])C(C)(C)C1CCC2(CC1)N=C(c1cc(F)cc(F)c1)C(=O)N2[C@H](CCC(C)C)c1ccc(C(=O)NCC2=NNNN2)cc1. The van der Waals surface area contributed by atoms with E-state index in [-0.39, 0.29) is 29.6 Å². The van der Waals surface area contributed by atoms with E-state index in [1.807, 2.05) is 12.1 Å². The van der Waals surface area contributed by atoms with E-state index in [9.17, 15) is 18.4 Å². The van der Waals surface area contributed by atoms with E-state index in [0.717, 1.165) is 30.2 Å². The molecule has 1 saturated carbocycles. The van der Waals surface area contributed by atoms with Gasteiger partial charge in [0.1, 0.15) is 23.0 Å². The lowest BCUT2D eigenvalue weighted by Gasteiger charge is -2.47. The molecule has 236 valence electrons. The first-order valence-corrected chi connectivity index (χ1v) is 15.2. The van der Waals surface area contributed by atoms with Crippen LogP contribution in [0.15, 0.2) is 52.6 Å². The zero-order valence-electron chi connectivity index (χ0n) is 28.6. The van der Waals surface area contributed by atoms with E-state index in [1.165, 1.54) is 0 Å². The number of hydrazine groups is 2. The molecule has 2 aromatic rings. The van der Waals surface area contributed by atoms with Crippen molar-refractivity contribution in [3.05, 3.63) is 70.8 Å². The molecule has 2 amide bonds. The highest BCUT2D eigenvalue weighted by Crippen LogP contribution is 2.50. The topological polar surface area (TPSA) is 110 Å². The fourth-order valence-corrected chi connectivity index (χ4v) is 6.44. The lowest BCUT2D eigenvalue weighted by Crippen LogP contribution is -2.51. The summed E-state index contributed by atoms with van der Waals surface area (Å²) in [7, 11) is 0. The number of aliphatic imine (C=N–C) groups is 1. The van der Waals surface area contributed by atoms with E-state index in [0.29, 0.717) is 49.4 Å². The number of amides is 2. The van der Waals surface area contributed by atoms with Crippen LogP contribution >= 0.6 is 0 Å². The van der Waals surface area contributed by atoms with E-state index in [1.54, 1.807) is 30.9 Å². The Labute approximate surface area is 262 Å². The standard InChI is InChI=1S/C33H43F2N7O2/c1-20(2)6-11-27(21-7-9-22(10-8-21)30(43)36-19-28-38-40-41-39-28)42-31(44)29(23-16-25(34)18-26(35)17-23)37-33(42)14-12-24(13-15-33)32(3,4)5/h7-10,16-18,20,24,27,40-41H,6,11-15,19H2,1-5H3,(H,36,43)(H,38,39)/t24?,27-,33?/m1/s1/i3D3. The lowest BCUT2D eigenvalue weighted by atomic mass is 9.69. The summed E-state index contributed by atoms with van der Waals surface area (Å²) in [6, 6.07) is 9.62.